The number of rotatable bonds is 6. The van der Waals surface area contributed by atoms with Crippen molar-refractivity contribution in [1.29, 1.82) is 0 Å². The van der Waals surface area contributed by atoms with Gasteiger partial charge >= 0.3 is 0 Å². The maximum Gasteiger partial charge on any atom is 0.295 e. The number of nitrogens with one attached hydrogen (secondary N) is 1. The number of nitro benzene ring substituents is 1. The summed E-state index contributed by atoms with van der Waals surface area (Å²) in [6.07, 6.45) is 0. The summed E-state index contributed by atoms with van der Waals surface area (Å²) in [6, 6.07) is 10.4. The second kappa shape index (κ2) is 8.37. The van der Waals surface area contributed by atoms with Crippen LogP contribution < -0.4 is 4.72 Å². The molecule has 2 aromatic rings. The smallest absolute Gasteiger partial charge is 0.295 e. The van der Waals surface area contributed by atoms with Crippen molar-refractivity contribution in [2.45, 2.75) is 4.90 Å². The third kappa shape index (κ3) is 4.41. The van der Waals surface area contributed by atoms with Crippen LogP contribution in [-0.4, -0.2) is 56.2 Å². The van der Waals surface area contributed by atoms with Gasteiger partial charge in [0, 0.05) is 19.2 Å². The third-order valence-corrected chi connectivity index (χ3v) is 5.67. The molecule has 0 unspecified atom stereocenters. The molecule has 0 aromatic heterocycles. The third-order valence-electron chi connectivity index (χ3n) is 4.26. The van der Waals surface area contributed by atoms with Crippen LogP contribution in [0, 0.1) is 10.1 Å². The number of sulfonamides is 1. The monoisotopic (exact) mass is 419 g/mol. The number of para-hydroxylation sites is 2. The Morgan fingerprint density at radius 2 is 1.66 bits per heavy atom. The first-order valence-corrected chi connectivity index (χ1v) is 10.1. The van der Waals surface area contributed by atoms with Crippen LogP contribution in [0.2, 0.25) is 0 Å². The number of nitro groups is 1. The zero-order chi connectivity index (χ0) is 21.0. The van der Waals surface area contributed by atoms with Crippen LogP contribution in [0.1, 0.15) is 10.4 Å². The number of benzene rings is 2. The Morgan fingerprint density at radius 1 is 1.03 bits per heavy atom. The summed E-state index contributed by atoms with van der Waals surface area (Å²) in [4.78, 5) is 36.3. The van der Waals surface area contributed by atoms with E-state index in [1.54, 1.807) is 0 Å². The van der Waals surface area contributed by atoms with Crippen molar-refractivity contribution in [1.82, 2.24) is 4.90 Å². The quantitative estimate of drug-likeness (QED) is 0.324. The zero-order valence-electron chi connectivity index (χ0n) is 15.1. The molecule has 0 aliphatic carbocycles. The molecule has 10 nitrogen and oxygen atoms in total. The van der Waals surface area contributed by atoms with Crippen molar-refractivity contribution in [3.8, 4) is 0 Å². The van der Waals surface area contributed by atoms with Gasteiger partial charge in [-0.15, -0.1) is 0 Å². The van der Waals surface area contributed by atoms with Crippen LogP contribution in [-0.2, 0) is 19.6 Å². The zero-order valence-corrected chi connectivity index (χ0v) is 15.9. The lowest BCUT2D eigenvalue weighted by atomic mass is 10.1. The Labute approximate surface area is 166 Å². The van der Waals surface area contributed by atoms with Gasteiger partial charge in [0.15, 0.2) is 4.90 Å². The van der Waals surface area contributed by atoms with Gasteiger partial charge in [-0.25, -0.2) is 8.42 Å². The molecule has 0 radical (unpaired) electrons. The first kappa shape index (κ1) is 20.4. The molecule has 1 aliphatic rings. The van der Waals surface area contributed by atoms with Crippen LogP contribution in [0.5, 0.6) is 0 Å². The van der Waals surface area contributed by atoms with E-state index in [2.05, 4.69) is 4.72 Å². The summed E-state index contributed by atoms with van der Waals surface area (Å²) in [5.41, 5.74) is -0.892. The van der Waals surface area contributed by atoms with E-state index in [4.69, 9.17) is 4.74 Å². The number of carbonyl (C=O) groups is 2. The fraction of sp³-hybridized carbons (Fsp3) is 0.222. The molecule has 29 heavy (non-hydrogen) atoms. The first-order chi connectivity index (χ1) is 13.8. The highest BCUT2D eigenvalue weighted by atomic mass is 32.2. The Kier molecular flexibility index (Phi) is 5.89. The molecule has 1 fully saturated rings. The predicted molar refractivity (Wildman–Crippen MR) is 102 cm³/mol. The summed E-state index contributed by atoms with van der Waals surface area (Å²) >= 11 is 0. The molecule has 1 N–H and O–H groups in total. The van der Waals surface area contributed by atoms with Gasteiger partial charge in [0.2, 0.25) is 0 Å². The molecule has 0 saturated carbocycles. The average molecular weight is 419 g/mol. The highest BCUT2D eigenvalue weighted by molar-refractivity contribution is 7.92. The Hall–Kier alpha value is -3.31. The first-order valence-electron chi connectivity index (χ1n) is 8.58. The van der Waals surface area contributed by atoms with Gasteiger partial charge in [-0.3, -0.25) is 24.4 Å². The molecule has 0 bridgehead atoms. The number of hydrogen-bond acceptors (Lipinski definition) is 7. The molecular weight excluding hydrogens is 402 g/mol. The lowest BCUT2D eigenvalue weighted by molar-refractivity contribution is -0.387. The van der Waals surface area contributed by atoms with E-state index in [9.17, 15) is 28.1 Å². The number of ketones is 1. The van der Waals surface area contributed by atoms with Crippen molar-refractivity contribution in [3.63, 3.8) is 0 Å². The predicted octanol–water partition coefficient (Wildman–Crippen LogP) is 1.44. The molecule has 1 heterocycles. The molecule has 0 spiro atoms. The van der Waals surface area contributed by atoms with Gasteiger partial charge in [-0.1, -0.05) is 24.3 Å². The molecule has 2 aromatic carbocycles. The maximum absolute atomic E-state index is 12.7. The van der Waals surface area contributed by atoms with Gasteiger partial charge in [-0.05, 0) is 18.2 Å². The fourth-order valence-corrected chi connectivity index (χ4v) is 4.08. The van der Waals surface area contributed by atoms with E-state index in [1.807, 2.05) is 0 Å². The van der Waals surface area contributed by atoms with Crippen molar-refractivity contribution in [2.75, 3.05) is 31.0 Å². The lowest BCUT2D eigenvalue weighted by Gasteiger charge is -2.26. The number of morpholine rings is 1. The van der Waals surface area contributed by atoms with Crippen LogP contribution >= 0.6 is 0 Å². The lowest BCUT2D eigenvalue weighted by Crippen LogP contribution is -2.44. The van der Waals surface area contributed by atoms with Crippen LogP contribution in [0.4, 0.5) is 11.4 Å². The molecular formula is C18H17N3O7S. The van der Waals surface area contributed by atoms with Gasteiger partial charge in [0.1, 0.15) is 0 Å². The number of amides is 1. The van der Waals surface area contributed by atoms with E-state index >= 15 is 0 Å². The SMILES string of the molecule is O=C(C(=O)N1CCOCC1)c1ccccc1NS(=O)(=O)c1ccccc1[N+](=O)[O-]. The number of ether oxygens (including phenoxy) is 1. The summed E-state index contributed by atoms with van der Waals surface area (Å²) in [5, 5.41) is 11.2. The van der Waals surface area contributed by atoms with E-state index in [0.29, 0.717) is 13.2 Å². The standard InChI is InChI=1S/C18H17N3O7S/c22-17(18(23)20-9-11-28-12-10-20)13-5-1-2-6-14(13)19-29(26,27)16-8-4-3-7-15(16)21(24)25/h1-8,19H,9-12H2. The van der Waals surface area contributed by atoms with E-state index in [1.165, 1.54) is 41.3 Å². The highest BCUT2D eigenvalue weighted by Gasteiger charge is 2.29. The van der Waals surface area contributed by atoms with Gasteiger partial charge in [-0.2, -0.15) is 0 Å². The number of anilines is 1. The minimum atomic E-state index is -4.38. The average Bonchev–Trinajstić information content (AvgIpc) is 2.73. The molecule has 0 atom stereocenters. The van der Waals surface area contributed by atoms with E-state index < -0.39 is 37.2 Å². The van der Waals surface area contributed by atoms with Crippen LogP contribution in [0.3, 0.4) is 0 Å². The Bertz CT molecular complexity index is 1060. The number of hydrogen-bond donors (Lipinski definition) is 1. The minimum absolute atomic E-state index is 0.141. The van der Waals surface area contributed by atoms with E-state index in [-0.39, 0.29) is 24.3 Å². The topological polar surface area (TPSA) is 136 Å². The molecule has 1 saturated heterocycles. The largest absolute Gasteiger partial charge is 0.378 e. The van der Waals surface area contributed by atoms with Gasteiger partial charge in [0.05, 0.1) is 29.4 Å². The fourth-order valence-electron chi connectivity index (χ4n) is 2.83. The highest BCUT2D eigenvalue weighted by Crippen LogP contribution is 2.27. The number of Topliss-reactive ketones (excluding diaryl/α,β-unsaturated/α-hetero) is 1. The number of carbonyl (C=O) groups excluding carboxylic acids is 2. The number of nitrogens with zero attached hydrogens (tertiary/aromatic N) is 2. The minimum Gasteiger partial charge on any atom is -0.378 e. The van der Waals surface area contributed by atoms with Crippen molar-refractivity contribution < 1.29 is 27.7 Å². The van der Waals surface area contributed by atoms with Crippen LogP contribution in [0.25, 0.3) is 0 Å². The Balaban J connectivity index is 1.92. The maximum atomic E-state index is 12.7. The Morgan fingerprint density at radius 3 is 2.34 bits per heavy atom. The van der Waals surface area contributed by atoms with E-state index in [0.717, 1.165) is 12.1 Å². The van der Waals surface area contributed by atoms with Crippen LogP contribution in [0.15, 0.2) is 53.4 Å². The summed E-state index contributed by atoms with van der Waals surface area (Å²) in [7, 11) is -4.38. The molecule has 1 aliphatic heterocycles. The van der Waals surface area contributed by atoms with Crippen molar-refractivity contribution in [2.24, 2.45) is 0 Å². The van der Waals surface area contributed by atoms with Crippen molar-refractivity contribution in [3.05, 3.63) is 64.2 Å². The normalized spacial score (nSPS) is 14.3. The molecule has 11 heteroatoms. The molecule has 1 amide bonds. The van der Waals surface area contributed by atoms with Gasteiger partial charge in [0.25, 0.3) is 27.4 Å². The summed E-state index contributed by atoms with van der Waals surface area (Å²) in [6.45, 7) is 1.14. The molecule has 152 valence electrons. The second-order valence-electron chi connectivity index (χ2n) is 6.11. The molecule has 3 rings (SSSR count). The summed E-state index contributed by atoms with van der Waals surface area (Å²) < 4.78 is 32.8. The second-order valence-corrected chi connectivity index (χ2v) is 7.76. The van der Waals surface area contributed by atoms with Gasteiger partial charge < -0.3 is 9.64 Å². The summed E-state index contributed by atoms with van der Waals surface area (Å²) in [5.74, 6) is -1.65. The van der Waals surface area contributed by atoms with Crippen molar-refractivity contribution >= 4 is 33.1 Å².